The van der Waals surface area contributed by atoms with Crippen molar-refractivity contribution in [3.63, 3.8) is 0 Å². The lowest BCUT2D eigenvalue weighted by atomic mass is 9.73. The van der Waals surface area contributed by atoms with Crippen LogP contribution in [0.2, 0.25) is 0 Å². The smallest absolute Gasteiger partial charge is 0.211 e. The predicted octanol–water partition coefficient (Wildman–Crippen LogP) is 1.45. The molecular weight excluding hydrogens is 288 g/mol. The van der Waals surface area contributed by atoms with Gasteiger partial charge in [-0.1, -0.05) is 6.92 Å². The summed E-state index contributed by atoms with van der Waals surface area (Å²) in [5, 5.41) is 3.48. The molecule has 0 amide bonds. The molecule has 0 aromatic carbocycles. The van der Waals surface area contributed by atoms with E-state index in [0.717, 1.165) is 52.0 Å². The standard InChI is InChI=1S/C15H30N2O3S/c1-3-16-12-15(7-5-9-20-13-15)10-14-6-4-8-17(11-14)21(2,18)19/h14,16H,3-13H2,1-2H3. The van der Waals surface area contributed by atoms with Crippen LogP contribution in [0.15, 0.2) is 0 Å². The van der Waals surface area contributed by atoms with Crippen LogP contribution in [-0.4, -0.2) is 58.4 Å². The molecule has 2 aliphatic rings. The molecule has 0 radical (unpaired) electrons. The van der Waals surface area contributed by atoms with Crippen molar-refractivity contribution in [3.8, 4) is 0 Å². The number of hydrogen-bond donors (Lipinski definition) is 1. The zero-order valence-electron chi connectivity index (χ0n) is 13.4. The van der Waals surface area contributed by atoms with Crippen LogP contribution in [0.4, 0.5) is 0 Å². The van der Waals surface area contributed by atoms with Crippen molar-refractivity contribution in [2.45, 2.75) is 39.0 Å². The Kier molecular flexibility index (Phi) is 6.05. The van der Waals surface area contributed by atoms with Crippen molar-refractivity contribution >= 4 is 10.0 Å². The number of nitrogens with zero attached hydrogens (tertiary/aromatic N) is 1. The molecule has 6 heteroatoms. The molecule has 2 atom stereocenters. The molecule has 2 unspecified atom stereocenters. The van der Waals surface area contributed by atoms with E-state index >= 15 is 0 Å². The van der Waals surface area contributed by atoms with Gasteiger partial charge in [-0.25, -0.2) is 12.7 Å². The summed E-state index contributed by atoms with van der Waals surface area (Å²) in [5.74, 6) is 0.467. The third-order valence-electron chi connectivity index (χ3n) is 4.83. The Bertz CT molecular complexity index is 419. The summed E-state index contributed by atoms with van der Waals surface area (Å²) in [4.78, 5) is 0. The zero-order chi connectivity index (χ0) is 15.3. The van der Waals surface area contributed by atoms with Crippen LogP contribution in [0, 0.1) is 11.3 Å². The van der Waals surface area contributed by atoms with Gasteiger partial charge in [-0.15, -0.1) is 0 Å². The van der Waals surface area contributed by atoms with Crippen LogP contribution in [0.1, 0.15) is 39.0 Å². The summed E-state index contributed by atoms with van der Waals surface area (Å²) in [6.45, 7) is 7.15. The fourth-order valence-electron chi connectivity index (χ4n) is 3.78. The maximum absolute atomic E-state index is 11.8. The molecule has 0 aromatic heterocycles. The first-order valence-corrected chi connectivity index (χ1v) is 10.0. The molecule has 0 saturated carbocycles. The Labute approximate surface area is 129 Å². The van der Waals surface area contributed by atoms with Gasteiger partial charge in [0.05, 0.1) is 12.9 Å². The van der Waals surface area contributed by atoms with E-state index in [0.29, 0.717) is 19.0 Å². The number of nitrogens with one attached hydrogen (secondary N) is 1. The molecule has 2 fully saturated rings. The van der Waals surface area contributed by atoms with Crippen LogP contribution in [0.3, 0.4) is 0 Å². The average molecular weight is 318 g/mol. The van der Waals surface area contributed by atoms with E-state index in [1.807, 2.05) is 0 Å². The molecular formula is C15H30N2O3S. The van der Waals surface area contributed by atoms with E-state index in [-0.39, 0.29) is 5.41 Å². The Hall–Kier alpha value is -0.170. The van der Waals surface area contributed by atoms with Gasteiger partial charge in [-0.2, -0.15) is 0 Å². The lowest BCUT2D eigenvalue weighted by molar-refractivity contribution is -0.0240. The summed E-state index contributed by atoms with van der Waals surface area (Å²) >= 11 is 0. The quantitative estimate of drug-likeness (QED) is 0.805. The van der Waals surface area contributed by atoms with Crippen molar-refractivity contribution in [1.82, 2.24) is 9.62 Å². The highest BCUT2D eigenvalue weighted by molar-refractivity contribution is 7.88. The topological polar surface area (TPSA) is 58.6 Å². The molecule has 2 heterocycles. The summed E-state index contributed by atoms with van der Waals surface area (Å²) in [6.07, 6.45) is 6.83. The average Bonchev–Trinajstić information content (AvgIpc) is 2.46. The molecule has 2 saturated heterocycles. The Morgan fingerprint density at radius 2 is 2.19 bits per heavy atom. The van der Waals surface area contributed by atoms with Gasteiger partial charge in [0, 0.05) is 31.7 Å². The van der Waals surface area contributed by atoms with Gasteiger partial charge in [0.15, 0.2) is 0 Å². The monoisotopic (exact) mass is 318 g/mol. The van der Waals surface area contributed by atoms with Crippen LogP contribution >= 0.6 is 0 Å². The Balaban J connectivity index is 1.99. The number of hydrogen-bond acceptors (Lipinski definition) is 4. The summed E-state index contributed by atoms with van der Waals surface area (Å²) < 4.78 is 30.9. The van der Waals surface area contributed by atoms with Crippen LogP contribution < -0.4 is 5.32 Å². The van der Waals surface area contributed by atoms with E-state index in [4.69, 9.17) is 4.74 Å². The highest BCUT2D eigenvalue weighted by Gasteiger charge is 2.37. The van der Waals surface area contributed by atoms with Gasteiger partial charge in [0.1, 0.15) is 0 Å². The number of sulfonamides is 1. The minimum atomic E-state index is -3.05. The Morgan fingerprint density at radius 1 is 1.38 bits per heavy atom. The van der Waals surface area contributed by atoms with E-state index in [1.54, 1.807) is 4.31 Å². The van der Waals surface area contributed by atoms with E-state index in [2.05, 4.69) is 12.2 Å². The first-order valence-electron chi connectivity index (χ1n) is 8.19. The summed E-state index contributed by atoms with van der Waals surface area (Å²) in [5.41, 5.74) is 0.194. The molecule has 2 rings (SSSR count). The van der Waals surface area contributed by atoms with Crippen molar-refractivity contribution in [1.29, 1.82) is 0 Å². The zero-order valence-corrected chi connectivity index (χ0v) is 14.3. The highest BCUT2D eigenvalue weighted by Crippen LogP contribution is 2.37. The number of ether oxygens (including phenoxy) is 1. The largest absolute Gasteiger partial charge is 0.381 e. The first-order chi connectivity index (χ1) is 9.95. The number of piperidine rings is 1. The molecule has 5 nitrogen and oxygen atoms in total. The Morgan fingerprint density at radius 3 is 2.81 bits per heavy atom. The SMILES string of the molecule is CCNCC1(CC2CCCN(S(C)(=O)=O)C2)CCCOC1. The van der Waals surface area contributed by atoms with Gasteiger partial charge in [-0.05, 0) is 44.6 Å². The second kappa shape index (κ2) is 7.40. The predicted molar refractivity (Wildman–Crippen MR) is 84.8 cm³/mol. The van der Waals surface area contributed by atoms with Crippen molar-refractivity contribution in [2.75, 3.05) is 45.6 Å². The fraction of sp³-hybridized carbons (Fsp3) is 1.00. The summed E-state index contributed by atoms with van der Waals surface area (Å²) in [6, 6.07) is 0. The molecule has 0 bridgehead atoms. The van der Waals surface area contributed by atoms with E-state index < -0.39 is 10.0 Å². The minimum Gasteiger partial charge on any atom is -0.381 e. The fourth-order valence-corrected chi connectivity index (χ4v) is 4.72. The molecule has 124 valence electrons. The normalized spacial score (nSPS) is 32.2. The first kappa shape index (κ1) is 17.2. The molecule has 2 aliphatic heterocycles. The third-order valence-corrected chi connectivity index (χ3v) is 6.10. The van der Waals surface area contributed by atoms with Crippen LogP contribution in [0.25, 0.3) is 0 Å². The van der Waals surface area contributed by atoms with Crippen molar-refractivity contribution in [2.24, 2.45) is 11.3 Å². The van der Waals surface area contributed by atoms with Crippen LogP contribution in [-0.2, 0) is 14.8 Å². The lowest BCUT2D eigenvalue weighted by Crippen LogP contribution is -2.46. The minimum absolute atomic E-state index is 0.194. The maximum atomic E-state index is 11.8. The van der Waals surface area contributed by atoms with Gasteiger partial charge in [-0.3, -0.25) is 0 Å². The molecule has 1 N–H and O–H groups in total. The third kappa shape index (κ3) is 4.91. The highest BCUT2D eigenvalue weighted by atomic mass is 32.2. The summed E-state index contributed by atoms with van der Waals surface area (Å²) in [7, 11) is -3.05. The molecule has 0 aromatic rings. The molecule has 0 aliphatic carbocycles. The van der Waals surface area contributed by atoms with Crippen molar-refractivity contribution in [3.05, 3.63) is 0 Å². The van der Waals surface area contributed by atoms with Gasteiger partial charge in [0.2, 0.25) is 10.0 Å². The lowest BCUT2D eigenvalue weighted by Gasteiger charge is -2.42. The molecule has 21 heavy (non-hydrogen) atoms. The molecule has 0 spiro atoms. The van der Waals surface area contributed by atoms with Crippen molar-refractivity contribution < 1.29 is 13.2 Å². The van der Waals surface area contributed by atoms with Gasteiger partial charge in [0.25, 0.3) is 0 Å². The maximum Gasteiger partial charge on any atom is 0.211 e. The van der Waals surface area contributed by atoms with Gasteiger partial charge >= 0.3 is 0 Å². The van der Waals surface area contributed by atoms with Crippen LogP contribution in [0.5, 0.6) is 0 Å². The number of rotatable bonds is 6. The second-order valence-corrected chi connectivity index (χ2v) is 8.75. The van der Waals surface area contributed by atoms with Gasteiger partial charge < -0.3 is 10.1 Å². The second-order valence-electron chi connectivity index (χ2n) is 6.77. The van der Waals surface area contributed by atoms with E-state index in [9.17, 15) is 8.42 Å². The van der Waals surface area contributed by atoms with E-state index in [1.165, 1.54) is 12.7 Å².